The van der Waals surface area contributed by atoms with Crippen molar-refractivity contribution in [1.82, 2.24) is 0 Å². The highest BCUT2D eigenvalue weighted by molar-refractivity contribution is 5.66. The minimum absolute atomic E-state index is 0.0671. The molecule has 0 aromatic carbocycles. The summed E-state index contributed by atoms with van der Waals surface area (Å²) in [5.41, 5.74) is 0. The third-order valence-corrected chi connectivity index (χ3v) is 1.17. The van der Waals surface area contributed by atoms with E-state index >= 15 is 0 Å². The van der Waals surface area contributed by atoms with Crippen molar-refractivity contribution in [1.29, 1.82) is 0 Å². The number of ether oxygens (including phenoxy) is 1. The van der Waals surface area contributed by atoms with Crippen LogP contribution in [-0.4, -0.2) is 12.1 Å². The van der Waals surface area contributed by atoms with Gasteiger partial charge in [-0.05, 0) is 19.3 Å². The van der Waals surface area contributed by atoms with E-state index in [4.69, 9.17) is 4.74 Å². The predicted octanol–water partition coefficient (Wildman–Crippen LogP) is 1.98. The molecule has 0 spiro atoms. The van der Waals surface area contributed by atoms with Gasteiger partial charge in [0.1, 0.15) is 0 Å². The van der Waals surface area contributed by atoms with E-state index in [0.717, 1.165) is 6.42 Å². The summed E-state index contributed by atoms with van der Waals surface area (Å²) in [6, 6.07) is 0. The Kier molecular flexibility index (Phi) is 4.08. The lowest BCUT2D eigenvalue weighted by atomic mass is 10.1. The summed E-state index contributed by atoms with van der Waals surface area (Å²) >= 11 is 0. The molecule has 0 fully saturated rings. The average Bonchev–Trinajstić information content (AvgIpc) is 1.58. The van der Waals surface area contributed by atoms with Gasteiger partial charge in [-0.1, -0.05) is 13.8 Å². The molecule has 0 aliphatic carbocycles. The van der Waals surface area contributed by atoms with Gasteiger partial charge in [-0.3, -0.25) is 4.79 Å². The van der Waals surface area contributed by atoms with E-state index in [2.05, 4.69) is 13.8 Å². The van der Waals surface area contributed by atoms with Gasteiger partial charge in [0.05, 0.1) is 6.10 Å². The Morgan fingerprint density at radius 3 is 2.20 bits per heavy atom. The summed E-state index contributed by atoms with van der Waals surface area (Å²) in [4.78, 5) is 10.4. The highest BCUT2D eigenvalue weighted by Gasteiger charge is 2.06. The molecule has 0 aromatic rings. The van der Waals surface area contributed by atoms with Crippen molar-refractivity contribution in [3.63, 3.8) is 0 Å². The monoisotopic (exact) mass is 144 g/mol. The SMILES string of the molecule is CC(=O)O[C@H](C)CC(C)C. The molecule has 0 aliphatic rings. The Hall–Kier alpha value is -0.530. The second-order valence-corrected chi connectivity index (χ2v) is 3.05. The van der Waals surface area contributed by atoms with Gasteiger partial charge in [-0.15, -0.1) is 0 Å². The molecule has 0 radical (unpaired) electrons. The van der Waals surface area contributed by atoms with Gasteiger partial charge in [0.2, 0.25) is 0 Å². The first-order chi connectivity index (χ1) is 4.52. The zero-order chi connectivity index (χ0) is 8.15. The molecule has 0 saturated carbocycles. The molecule has 0 saturated heterocycles. The summed E-state index contributed by atoms with van der Waals surface area (Å²) in [6.07, 6.45) is 1.01. The maximum atomic E-state index is 10.4. The summed E-state index contributed by atoms with van der Waals surface area (Å²) in [5, 5.41) is 0. The molecule has 0 heterocycles. The first-order valence-electron chi connectivity index (χ1n) is 3.69. The molecule has 0 amide bonds. The van der Waals surface area contributed by atoms with Gasteiger partial charge in [-0.25, -0.2) is 0 Å². The predicted molar refractivity (Wildman–Crippen MR) is 40.7 cm³/mol. The first-order valence-corrected chi connectivity index (χ1v) is 3.69. The fourth-order valence-electron chi connectivity index (χ4n) is 0.995. The van der Waals surface area contributed by atoms with Gasteiger partial charge in [0.25, 0.3) is 0 Å². The van der Waals surface area contributed by atoms with E-state index in [1.54, 1.807) is 0 Å². The van der Waals surface area contributed by atoms with Crippen LogP contribution in [-0.2, 0) is 9.53 Å². The number of carbonyl (C=O) groups excluding carboxylic acids is 1. The molecular weight excluding hydrogens is 128 g/mol. The van der Waals surface area contributed by atoms with Gasteiger partial charge in [0.15, 0.2) is 0 Å². The van der Waals surface area contributed by atoms with Gasteiger partial charge < -0.3 is 4.74 Å². The zero-order valence-corrected chi connectivity index (χ0v) is 7.18. The molecular formula is C8H16O2. The smallest absolute Gasteiger partial charge is 0.302 e. The molecule has 0 aliphatic heterocycles. The Bertz CT molecular complexity index is 108. The molecule has 0 unspecified atom stereocenters. The van der Waals surface area contributed by atoms with E-state index in [1.165, 1.54) is 6.92 Å². The maximum Gasteiger partial charge on any atom is 0.302 e. The summed E-state index contributed by atoms with van der Waals surface area (Å²) in [7, 11) is 0. The second kappa shape index (κ2) is 4.31. The molecule has 10 heavy (non-hydrogen) atoms. The lowest BCUT2D eigenvalue weighted by Gasteiger charge is -2.13. The Labute approximate surface area is 62.6 Å². The van der Waals surface area contributed by atoms with Gasteiger partial charge in [-0.2, -0.15) is 0 Å². The molecule has 0 rings (SSSR count). The van der Waals surface area contributed by atoms with Crippen molar-refractivity contribution in [3.8, 4) is 0 Å². The zero-order valence-electron chi connectivity index (χ0n) is 7.18. The largest absolute Gasteiger partial charge is 0.463 e. The molecule has 60 valence electrons. The van der Waals surface area contributed by atoms with Gasteiger partial charge >= 0.3 is 5.97 Å². The van der Waals surface area contributed by atoms with Crippen molar-refractivity contribution in [2.45, 2.75) is 40.2 Å². The first kappa shape index (κ1) is 9.47. The number of carbonyl (C=O) groups is 1. The third-order valence-electron chi connectivity index (χ3n) is 1.17. The van der Waals surface area contributed by atoms with E-state index in [0.29, 0.717) is 5.92 Å². The van der Waals surface area contributed by atoms with Crippen molar-refractivity contribution in [3.05, 3.63) is 0 Å². The third kappa shape index (κ3) is 5.60. The molecule has 2 nitrogen and oxygen atoms in total. The molecule has 0 aromatic heterocycles. The fourth-order valence-corrected chi connectivity index (χ4v) is 0.995. The second-order valence-electron chi connectivity index (χ2n) is 3.05. The quantitative estimate of drug-likeness (QED) is 0.566. The van der Waals surface area contributed by atoms with E-state index in [9.17, 15) is 4.79 Å². The number of rotatable bonds is 3. The van der Waals surface area contributed by atoms with Crippen LogP contribution in [0.5, 0.6) is 0 Å². The minimum Gasteiger partial charge on any atom is -0.463 e. The fraction of sp³-hybridized carbons (Fsp3) is 0.875. The highest BCUT2D eigenvalue weighted by atomic mass is 16.5. The van der Waals surface area contributed by atoms with Crippen molar-refractivity contribution < 1.29 is 9.53 Å². The Balaban J connectivity index is 3.43. The Morgan fingerprint density at radius 1 is 1.40 bits per heavy atom. The van der Waals surface area contributed by atoms with Gasteiger partial charge in [0, 0.05) is 6.92 Å². The van der Waals surface area contributed by atoms with Crippen LogP contribution < -0.4 is 0 Å². The van der Waals surface area contributed by atoms with Crippen LogP contribution in [0.3, 0.4) is 0 Å². The van der Waals surface area contributed by atoms with Crippen molar-refractivity contribution in [2.24, 2.45) is 5.92 Å². The van der Waals surface area contributed by atoms with E-state index in [-0.39, 0.29) is 12.1 Å². The van der Waals surface area contributed by atoms with Crippen LogP contribution in [0.15, 0.2) is 0 Å². The van der Waals surface area contributed by atoms with Crippen molar-refractivity contribution in [2.75, 3.05) is 0 Å². The molecule has 0 bridgehead atoms. The van der Waals surface area contributed by atoms with E-state index < -0.39 is 0 Å². The summed E-state index contributed by atoms with van der Waals surface area (Å²) in [6.45, 7) is 7.58. The van der Waals surface area contributed by atoms with Crippen LogP contribution in [0, 0.1) is 5.92 Å². The maximum absolute atomic E-state index is 10.4. The lowest BCUT2D eigenvalue weighted by Crippen LogP contribution is -2.14. The normalized spacial score (nSPS) is 13.3. The Morgan fingerprint density at radius 2 is 1.90 bits per heavy atom. The highest BCUT2D eigenvalue weighted by Crippen LogP contribution is 2.06. The molecule has 1 atom stereocenters. The standard InChI is InChI=1S/C8H16O2/c1-6(2)5-7(3)10-8(4)9/h6-7H,5H2,1-4H3/t7-/m1/s1. The number of esters is 1. The summed E-state index contributed by atoms with van der Waals surface area (Å²) in [5.74, 6) is 0.405. The van der Waals surface area contributed by atoms with Crippen molar-refractivity contribution >= 4 is 5.97 Å². The number of hydrogen-bond acceptors (Lipinski definition) is 2. The van der Waals surface area contributed by atoms with Crippen LogP contribution >= 0.6 is 0 Å². The van der Waals surface area contributed by atoms with Crippen LogP contribution in [0.2, 0.25) is 0 Å². The van der Waals surface area contributed by atoms with Crippen LogP contribution in [0.25, 0.3) is 0 Å². The van der Waals surface area contributed by atoms with Crippen LogP contribution in [0.4, 0.5) is 0 Å². The molecule has 0 N–H and O–H groups in total. The minimum atomic E-state index is -0.187. The lowest BCUT2D eigenvalue weighted by molar-refractivity contribution is -0.146. The number of hydrogen-bond donors (Lipinski definition) is 0. The topological polar surface area (TPSA) is 26.3 Å². The summed E-state index contributed by atoms with van der Waals surface area (Å²) < 4.78 is 4.92. The van der Waals surface area contributed by atoms with Crippen LogP contribution in [0.1, 0.15) is 34.1 Å². The average molecular weight is 144 g/mol. The van der Waals surface area contributed by atoms with E-state index in [1.807, 2.05) is 6.92 Å². The molecule has 2 heteroatoms.